The van der Waals surface area contributed by atoms with Gasteiger partial charge in [-0.3, -0.25) is 4.90 Å². The number of fused-ring (bicyclic) bond motifs is 1. The number of benzene rings is 1. The number of hydrogen-bond acceptors (Lipinski definition) is 7. The zero-order valence-corrected chi connectivity index (χ0v) is 16.2. The van der Waals surface area contributed by atoms with Crippen LogP contribution in [-0.4, -0.2) is 32.8 Å². The van der Waals surface area contributed by atoms with E-state index in [4.69, 9.17) is 17.2 Å². The van der Waals surface area contributed by atoms with Crippen LogP contribution >= 0.6 is 34.9 Å². The molecule has 1 aromatic carbocycles. The SMILES string of the molecule is C=CCNc1nn(CN2CCC[C@H]2c2nc3ccccc3s2)c(=S)s1. The van der Waals surface area contributed by atoms with Crippen LogP contribution in [-0.2, 0) is 6.67 Å². The molecule has 4 rings (SSSR count). The summed E-state index contributed by atoms with van der Waals surface area (Å²) in [7, 11) is 0. The first-order chi connectivity index (χ1) is 12.2. The van der Waals surface area contributed by atoms with Gasteiger partial charge in [0.15, 0.2) is 3.95 Å². The minimum Gasteiger partial charge on any atom is -0.357 e. The fourth-order valence-electron chi connectivity index (χ4n) is 3.11. The van der Waals surface area contributed by atoms with E-state index in [0.29, 0.717) is 19.3 Å². The average molecular weight is 390 g/mol. The normalized spacial score (nSPS) is 18.0. The minimum atomic E-state index is 0.352. The fourth-order valence-corrected chi connectivity index (χ4v) is 5.24. The number of para-hydroxylation sites is 1. The first kappa shape index (κ1) is 16.8. The predicted octanol–water partition coefficient (Wildman–Crippen LogP) is 4.68. The molecule has 1 fully saturated rings. The third kappa shape index (κ3) is 3.52. The summed E-state index contributed by atoms with van der Waals surface area (Å²) >= 11 is 8.79. The third-order valence-electron chi connectivity index (χ3n) is 4.28. The lowest BCUT2D eigenvalue weighted by molar-refractivity contribution is 0.191. The zero-order chi connectivity index (χ0) is 17.2. The number of nitrogens with one attached hydrogen (secondary N) is 1. The molecule has 0 saturated carbocycles. The van der Waals surface area contributed by atoms with Crippen LogP contribution in [0.15, 0.2) is 36.9 Å². The number of nitrogens with zero attached hydrogens (tertiary/aromatic N) is 4. The van der Waals surface area contributed by atoms with Crippen molar-refractivity contribution >= 4 is 50.2 Å². The topological polar surface area (TPSA) is 46.0 Å². The zero-order valence-electron chi connectivity index (χ0n) is 13.7. The highest BCUT2D eigenvalue weighted by Gasteiger charge is 2.29. The van der Waals surface area contributed by atoms with E-state index in [1.807, 2.05) is 16.8 Å². The van der Waals surface area contributed by atoms with Crippen LogP contribution in [0, 0.1) is 3.95 Å². The Morgan fingerprint density at radius 1 is 1.36 bits per heavy atom. The summed E-state index contributed by atoms with van der Waals surface area (Å²) in [5.74, 6) is 0. The molecule has 0 radical (unpaired) electrons. The molecule has 25 heavy (non-hydrogen) atoms. The summed E-state index contributed by atoms with van der Waals surface area (Å²) in [5, 5.41) is 9.86. The van der Waals surface area contributed by atoms with E-state index < -0.39 is 0 Å². The molecule has 1 saturated heterocycles. The highest BCUT2D eigenvalue weighted by molar-refractivity contribution is 7.73. The number of likely N-dealkylation sites (tertiary alicyclic amines) is 1. The van der Waals surface area contributed by atoms with Crippen molar-refractivity contribution in [3.05, 3.63) is 45.9 Å². The summed E-state index contributed by atoms with van der Waals surface area (Å²) in [6.07, 6.45) is 4.14. The van der Waals surface area contributed by atoms with Crippen LogP contribution in [0.25, 0.3) is 10.2 Å². The van der Waals surface area contributed by atoms with Gasteiger partial charge in [0.25, 0.3) is 0 Å². The van der Waals surface area contributed by atoms with Crippen molar-refractivity contribution < 1.29 is 0 Å². The Labute approximate surface area is 159 Å². The van der Waals surface area contributed by atoms with Crippen molar-refractivity contribution in [2.75, 3.05) is 18.4 Å². The average Bonchev–Trinajstić information content (AvgIpc) is 3.31. The van der Waals surface area contributed by atoms with E-state index >= 15 is 0 Å². The van der Waals surface area contributed by atoms with Crippen LogP contribution in [0.3, 0.4) is 0 Å². The monoisotopic (exact) mass is 389 g/mol. The lowest BCUT2D eigenvalue weighted by atomic mass is 10.2. The Kier molecular flexibility index (Phi) is 4.93. The standard InChI is InChI=1S/C17H19N5S3/c1-2-9-18-16-20-22(17(23)25-16)11-21-10-5-7-13(21)15-19-12-6-3-4-8-14(12)24-15/h2-4,6,8,13H,1,5,7,9-11H2,(H,18,20)/t13-/m0/s1. The van der Waals surface area contributed by atoms with E-state index in [2.05, 4.69) is 40.1 Å². The van der Waals surface area contributed by atoms with Crippen molar-refractivity contribution in [2.24, 2.45) is 0 Å². The molecule has 0 unspecified atom stereocenters. The Morgan fingerprint density at radius 3 is 3.08 bits per heavy atom. The van der Waals surface area contributed by atoms with Crippen molar-refractivity contribution in [3.63, 3.8) is 0 Å². The molecule has 2 aromatic heterocycles. The van der Waals surface area contributed by atoms with Crippen LogP contribution in [0.1, 0.15) is 23.9 Å². The molecule has 5 nitrogen and oxygen atoms in total. The highest BCUT2D eigenvalue weighted by atomic mass is 32.1. The molecule has 3 heterocycles. The number of thiazole rings is 1. The minimum absolute atomic E-state index is 0.352. The van der Waals surface area contributed by atoms with Gasteiger partial charge in [-0.15, -0.1) is 23.0 Å². The van der Waals surface area contributed by atoms with Crippen LogP contribution in [0.5, 0.6) is 0 Å². The summed E-state index contributed by atoms with van der Waals surface area (Å²) in [5.41, 5.74) is 1.09. The second kappa shape index (κ2) is 7.33. The smallest absolute Gasteiger partial charge is 0.204 e. The largest absolute Gasteiger partial charge is 0.357 e. The molecule has 130 valence electrons. The molecular weight excluding hydrogens is 370 g/mol. The van der Waals surface area contributed by atoms with Gasteiger partial charge in [-0.25, -0.2) is 9.67 Å². The maximum Gasteiger partial charge on any atom is 0.204 e. The predicted molar refractivity (Wildman–Crippen MR) is 108 cm³/mol. The van der Waals surface area contributed by atoms with Crippen molar-refractivity contribution in [1.82, 2.24) is 19.7 Å². The van der Waals surface area contributed by atoms with Crippen LogP contribution in [0.4, 0.5) is 5.13 Å². The number of hydrogen-bond donors (Lipinski definition) is 1. The van der Waals surface area contributed by atoms with Gasteiger partial charge < -0.3 is 5.32 Å². The van der Waals surface area contributed by atoms with E-state index in [1.165, 1.54) is 27.5 Å². The molecule has 1 atom stereocenters. The molecule has 1 aliphatic heterocycles. The summed E-state index contributed by atoms with van der Waals surface area (Å²) in [4.78, 5) is 7.29. The fraction of sp³-hybridized carbons (Fsp3) is 0.353. The van der Waals surface area contributed by atoms with Gasteiger partial charge in [-0.2, -0.15) is 0 Å². The van der Waals surface area contributed by atoms with E-state index in [-0.39, 0.29) is 0 Å². The molecule has 0 spiro atoms. The van der Waals surface area contributed by atoms with Gasteiger partial charge in [0, 0.05) is 13.1 Å². The number of anilines is 1. The molecule has 1 aliphatic rings. The molecule has 0 aliphatic carbocycles. The van der Waals surface area contributed by atoms with E-state index in [9.17, 15) is 0 Å². The van der Waals surface area contributed by atoms with Gasteiger partial charge in [-0.05, 0) is 37.2 Å². The van der Waals surface area contributed by atoms with Gasteiger partial charge in [0.2, 0.25) is 5.13 Å². The maximum atomic E-state index is 5.48. The molecule has 1 N–H and O–H groups in total. The first-order valence-electron chi connectivity index (χ1n) is 8.27. The van der Waals surface area contributed by atoms with Crippen LogP contribution in [0.2, 0.25) is 0 Å². The molecule has 3 aromatic rings. The van der Waals surface area contributed by atoms with Gasteiger partial charge in [-0.1, -0.05) is 29.5 Å². The van der Waals surface area contributed by atoms with Crippen LogP contribution < -0.4 is 5.32 Å². The molecule has 0 bridgehead atoms. The second-order valence-electron chi connectivity index (χ2n) is 5.97. The quantitative estimate of drug-likeness (QED) is 0.490. The van der Waals surface area contributed by atoms with Crippen molar-refractivity contribution in [1.29, 1.82) is 0 Å². The first-order valence-corrected chi connectivity index (χ1v) is 10.3. The van der Waals surface area contributed by atoms with Gasteiger partial charge in [0.05, 0.1) is 22.9 Å². The molecular formula is C17H19N5S3. The summed E-state index contributed by atoms with van der Waals surface area (Å²) in [6.45, 7) is 6.18. The Hall–Kier alpha value is -1.61. The Morgan fingerprint density at radius 2 is 2.24 bits per heavy atom. The van der Waals surface area contributed by atoms with Gasteiger partial charge >= 0.3 is 0 Å². The number of rotatable bonds is 6. The van der Waals surface area contributed by atoms with Crippen molar-refractivity contribution in [2.45, 2.75) is 25.6 Å². The summed E-state index contributed by atoms with van der Waals surface area (Å²) < 4.78 is 3.96. The van der Waals surface area contributed by atoms with Gasteiger partial charge in [0.1, 0.15) is 5.01 Å². The molecule has 8 heteroatoms. The Bertz CT molecular complexity index is 908. The lowest BCUT2D eigenvalue weighted by Crippen LogP contribution is -2.26. The van der Waals surface area contributed by atoms with Crippen molar-refractivity contribution in [3.8, 4) is 0 Å². The summed E-state index contributed by atoms with van der Waals surface area (Å²) in [6, 6.07) is 8.70. The highest BCUT2D eigenvalue weighted by Crippen LogP contribution is 2.36. The molecule has 0 amide bonds. The number of aromatic nitrogens is 3. The van der Waals surface area contributed by atoms with E-state index in [0.717, 1.165) is 27.6 Å². The van der Waals surface area contributed by atoms with E-state index in [1.54, 1.807) is 11.3 Å². The third-order valence-corrected chi connectivity index (χ3v) is 6.68. The second-order valence-corrected chi connectivity index (χ2v) is 8.66. The maximum absolute atomic E-state index is 5.48. The lowest BCUT2D eigenvalue weighted by Gasteiger charge is -2.22. The Balaban J connectivity index is 1.54.